The molecule has 6 nitrogen and oxygen atoms in total. The predicted octanol–water partition coefficient (Wildman–Crippen LogP) is 1.18. The number of hydrogen-bond donors (Lipinski definition) is 2. The second-order valence-electron chi connectivity index (χ2n) is 7.92. The minimum atomic E-state index is -2.89. The van der Waals surface area contributed by atoms with Crippen LogP contribution in [0.5, 0.6) is 0 Å². The van der Waals surface area contributed by atoms with Crippen molar-refractivity contribution in [2.24, 2.45) is 4.99 Å². The van der Waals surface area contributed by atoms with Gasteiger partial charge in [0.15, 0.2) is 15.8 Å². The molecule has 1 aromatic rings. The molecule has 0 radical (unpaired) electrons. The number of sulfone groups is 1. The Balaban J connectivity index is 1.56. The van der Waals surface area contributed by atoms with Crippen LogP contribution >= 0.6 is 0 Å². The summed E-state index contributed by atoms with van der Waals surface area (Å²) in [5.74, 6) is 1.14. The van der Waals surface area contributed by atoms with E-state index in [1.807, 2.05) is 0 Å². The zero-order valence-corrected chi connectivity index (χ0v) is 16.8. The first-order chi connectivity index (χ1) is 12.3. The van der Waals surface area contributed by atoms with Crippen LogP contribution in [0.2, 0.25) is 0 Å². The fourth-order valence-electron chi connectivity index (χ4n) is 3.72. The van der Waals surface area contributed by atoms with Gasteiger partial charge in [0.1, 0.15) is 0 Å². The molecule has 3 rings (SSSR count). The summed E-state index contributed by atoms with van der Waals surface area (Å²) in [6.07, 6.45) is 1.72. The molecule has 144 valence electrons. The second-order valence-corrected chi connectivity index (χ2v) is 10.2. The van der Waals surface area contributed by atoms with Gasteiger partial charge in [-0.3, -0.25) is 9.89 Å². The third-order valence-corrected chi connectivity index (χ3v) is 7.24. The van der Waals surface area contributed by atoms with E-state index in [2.05, 4.69) is 58.6 Å². The molecule has 1 aromatic carbocycles. The number of hydrogen-bond acceptors (Lipinski definition) is 4. The predicted molar refractivity (Wildman–Crippen MR) is 106 cm³/mol. The molecule has 7 heteroatoms. The molecular formula is C19H30N4O2S. The Labute approximate surface area is 157 Å². The zero-order valence-electron chi connectivity index (χ0n) is 16.0. The van der Waals surface area contributed by atoms with Crippen molar-refractivity contribution in [3.63, 3.8) is 0 Å². The summed E-state index contributed by atoms with van der Waals surface area (Å²) < 4.78 is 23.3. The van der Waals surface area contributed by atoms with Crippen molar-refractivity contribution < 1.29 is 8.42 Å². The summed E-state index contributed by atoms with van der Waals surface area (Å²) in [7, 11) is -1.17. The Morgan fingerprint density at radius 2 is 2.04 bits per heavy atom. The minimum absolute atomic E-state index is 0.0348. The van der Waals surface area contributed by atoms with E-state index in [1.165, 1.54) is 11.1 Å². The van der Waals surface area contributed by atoms with Gasteiger partial charge in [-0.15, -0.1) is 0 Å². The smallest absolute Gasteiger partial charge is 0.191 e. The molecule has 2 aliphatic rings. The SMILES string of the molecule is CN=C(NCC(C)(C)N1CCc2ccccc2C1)NC1CCS(=O)(=O)C1. The van der Waals surface area contributed by atoms with E-state index in [1.54, 1.807) is 7.05 Å². The molecule has 0 amide bonds. The van der Waals surface area contributed by atoms with E-state index in [4.69, 9.17) is 0 Å². The van der Waals surface area contributed by atoms with Crippen molar-refractivity contribution in [1.29, 1.82) is 0 Å². The molecule has 1 unspecified atom stereocenters. The van der Waals surface area contributed by atoms with Gasteiger partial charge in [0.05, 0.1) is 11.5 Å². The summed E-state index contributed by atoms with van der Waals surface area (Å²) in [4.78, 5) is 6.76. The van der Waals surface area contributed by atoms with Crippen LogP contribution < -0.4 is 10.6 Å². The lowest BCUT2D eigenvalue weighted by atomic mass is 9.94. The average Bonchev–Trinajstić information content (AvgIpc) is 2.96. The number of nitrogens with zero attached hydrogens (tertiary/aromatic N) is 2. The average molecular weight is 379 g/mol. The molecule has 0 aromatic heterocycles. The number of guanidine groups is 1. The molecule has 0 spiro atoms. The van der Waals surface area contributed by atoms with E-state index in [9.17, 15) is 8.42 Å². The largest absolute Gasteiger partial charge is 0.355 e. The van der Waals surface area contributed by atoms with Gasteiger partial charge in [-0.25, -0.2) is 8.42 Å². The molecule has 0 bridgehead atoms. The first-order valence-electron chi connectivity index (χ1n) is 9.28. The van der Waals surface area contributed by atoms with Crippen LogP contribution in [0.25, 0.3) is 0 Å². The monoisotopic (exact) mass is 378 g/mol. The van der Waals surface area contributed by atoms with Gasteiger partial charge in [0.2, 0.25) is 0 Å². The second kappa shape index (κ2) is 7.56. The number of benzene rings is 1. The highest BCUT2D eigenvalue weighted by Gasteiger charge is 2.31. The maximum atomic E-state index is 11.6. The molecule has 1 fully saturated rings. The molecule has 0 saturated carbocycles. The third-order valence-electron chi connectivity index (χ3n) is 5.47. The molecule has 1 atom stereocenters. The molecular weight excluding hydrogens is 348 g/mol. The zero-order chi connectivity index (χ0) is 18.8. The molecule has 0 aliphatic carbocycles. The van der Waals surface area contributed by atoms with Crippen LogP contribution in [0.3, 0.4) is 0 Å². The maximum Gasteiger partial charge on any atom is 0.191 e. The number of aliphatic imine (C=N–C) groups is 1. The van der Waals surface area contributed by atoms with Crippen LogP contribution in [-0.4, -0.2) is 62.5 Å². The highest BCUT2D eigenvalue weighted by Crippen LogP contribution is 2.24. The van der Waals surface area contributed by atoms with Crippen molar-refractivity contribution in [3.8, 4) is 0 Å². The standard InChI is InChI=1S/C19H30N4O2S/c1-19(2,23-10-8-15-6-4-5-7-16(15)12-23)14-21-18(20-3)22-17-9-11-26(24,25)13-17/h4-7,17H,8-14H2,1-3H3,(H2,20,21,22). The minimum Gasteiger partial charge on any atom is -0.355 e. The summed E-state index contributed by atoms with van der Waals surface area (Å²) in [5, 5.41) is 6.64. The van der Waals surface area contributed by atoms with Gasteiger partial charge >= 0.3 is 0 Å². The summed E-state index contributed by atoms with van der Waals surface area (Å²) >= 11 is 0. The van der Waals surface area contributed by atoms with Crippen molar-refractivity contribution in [1.82, 2.24) is 15.5 Å². The van der Waals surface area contributed by atoms with Gasteiger partial charge in [-0.2, -0.15) is 0 Å². The van der Waals surface area contributed by atoms with Gasteiger partial charge in [-0.05, 0) is 37.8 Å². The summed E-state index contributed by atoms with van der Waals surface area (Å²) in [6.45, 7) is 7.22. The summed E-state index contributed by atoms with van der Waals surface area (Å²) in [5.41, 5.74) is 2.82. The van der Waals surface area contributed by atoms with Gasteiger partial charge in [0, 0.05) is 38.3 Å². The van der Waals surface area contributed by atoms with E-state index >= 15 is 0 Å². The van der Waals surface area contributed by atoms with Crippen LogP contribution in [0, 0.1) is 0 Å². The first kappa shape index (κ1) is 19.2. The normalized spacial score (nSPS) is 23.5. The molecule has 2 N–H and O–H groups in total. The van der Waals surface area contributed by atoms with E-state index < -0.39 is 9.84 Å². The maximum absolute atomic E-state index is 11.6. The Kier molecular flexibility index (Phi) is 5.58. The Hall–Kier alpha value is -1.60. The Morgan fingerprint density at radius 1 is 1.31 bits per heavy atom. The van der Waals surface area contributed by atoms with E-state index in [0.717, 1.165) is 26.1 Å². The quantitative estimate of drug-likeness (QED) is 0.608. The fourth-order valence-corrected chi connectivity index (χ4v) is 5.39. The van der Waals surface area contributed by atoms with Gasteiger partial charge < -0.3 is 10.6 Å². The number of nitrogens with one attached hydrogen (secondary N) is 2. The highest BCUT2D eigenvalue weighted by molar-refractivity contribution is 7.91. The third kappa shape index (κ3) is 4.57. The molecule has 2 aliphatic heterocycles. The van der Waals surface area contributed by atoms with Crippen LogP contribution in [0.1, 0.15) is 31.4 Å². The summed E-state index contributed by atoms with van der Waals surface area (Å²) in [6, 6.07) is 8.61. The Morgan fingerprint density at radius 3 is 2.69 bits per heavy atom. The van der Waals surface area contributed by atoms with Crippen LogP contribution in [0.4, 0.5) is 0 Å². The lowest BCUT2D eigenvalue weighted by Gasteiger charge is -2.42. The lowest BCUT2D eigenvalue weighted by Crippen LogP contribution is -2.55. The molecule has 2 heterocycles. The molecule has 1 saturated heterocycles. The van der Waals surface area contributed by atoms with Crippen molar-refractivity contribution in [2.75, 3.05) is 31.6 Å². The Bertz CT molecular complexity index is 773. The highest BCUT2D eigenvalue weighted by atomic mass is 32.2. The fraction of sp³-hybridized carbons (Fsp3) is 0.632. The first-order valence-corrected chi connectivity index (χ1v) is 11.1. The van der Waals surface area contributed by atoms with Gasteiger partial charge in [0.25, 0.3) is 0 Å². The van der Waals surface area contributed by atoms with E-state index in [-0.39, 0.29) is 23.1 Å². The van der Waals surface area contributed by atoms with Crippen molar-refractivity contribution in [3.05, 3.63) is 35.4 Å². The topological polar surface area (TPSA) is 73.8 Å². The van der Waals surface area contributed by atoms with Crippen LogP contribution in [0.15, 0.2) is 29.3 Å². The number of fused-ring (bicyclic) bond motifs is 1. The van der Waals surface area contributed by atoms with Crippen molar-refractivity contribution in [2.45, 2.75) is 44.8 Å². The number of rotatable bonds is 4. The molecule has 26 heavy (non-hydrogen) atoms. The van der Waals surface area contributed by atoms with Crippen LogP contribution in [-0.2, 0) is 22.8 Å². The lowest BCUT2D eigenvalue weighted by molar-refractivity contribution is 0.107. The van der Waals surface area contributed by atoms with Gasteiger partial charge in [-0.1, -0.05) is 24.3 Å². The van der Waals surface area contributed by atoms with E-state index in [0.29, 0.717) is 12.4 Å². The van der Waals surface area contributed by atoms with Crippen molar-refractivity contribution >= 4 is 15.8 Å².